The fourth-order valence-corrected chi connectivity index (χ4v) is 3.61. The minimum Gasteiger partial charge on any atom is -0.334 e. The van der Waals surface area contributed by atoms with Gasteiger partial charge in [0, 0.05) is 25.3 Å². The van der Waals surface area contributed by atoms with Gasteiger partial charge in [-0.05, 0) is 38.3 Å². The highest BCUT2D eigenvalue weighted by Crippen LogP contribution is 2.30. The summed E-state index contributed by atoms with van der Waals surface area (Å²) in [5, 5.41) is 5.40. The van der Waals surface area contributed by atoms with E-state index in [0.29, 0.717) is 37.2 Å². The van der Waals surface area contributed by atoms with Crippen LogP contribution in [0.1, 0.15) is 53.0 Å². The van der Waals surface area contributed by atoms with Crippen LogP contribution in [-0.4, -0.2) is 52.7 Å². The normalized spacial score (nSPS) is 18.8. The van der Waals surface area contributed by atoms with Crippen molar-refractivity contribution in [2.45, 2.75) is 39.3 Å². The van der Waals surface area contributed by atoms with Crippen LogP contribution in [0.4, 0.5) is 4.79 Å². The van der Waals surface area contributed by atoms with Crippen LogP contribution in [-0.2, 0) is 11.3 Å². The summed E-state index contributed by atoms with van der Waals surface area (Å²) in [4.78, 5) is 53.0. The number of nitrogens with one attached hydrogen (secondary N) is 2. The number of nitrogens with zero attached hydrogens (tertiary/aromatic N) is 2. The number of piperidine rings is 1. The molecule has 0 saturated carbocycles. The van der Waals surface area contributed by atoms with Crippen molar-refractivity contribution in [3.8, 4) is 0 Å². The first kappa shape index (κ1) is 19.6. The van der Waals surface area contributed by atoms with Crippen LogP contribution in [0.2, 0.25) is 0 Å². The van der Waals surface area contributed by atoms with Crippen LogP contribution in [0.15, 0.2) is 30.5 Å². The summed E-state index contributed by atoms with van der Waals surface area (Å²) in [5.41, 5.74) is 1.65. The molecular formula is C20H24N4O4. The Kier molecular flexibility index (Phi) is 5.48. The van der Waals surface area contributed by atoms with Gasteiger partial charge in [0.05, 0.1) is 11.1 Å². The van der Waals surface area contributed by atoms with Crippen molar-refractivity contribution in [1.82, 2.24) is 20.4 Å². The Morgan fingerprint density at radius 2 is 1.96 bits per heavy atom. The van der Waals surface area contributed by atoms with Crippen molar-refractivity contribution in [3.63, 3.8) is 0 Å². The van der Waals surface area contributed by atoms with Crippen molar-refractivity contribution in [1.29, 1.82) is 0 Å². The molecule has 8 nitrogen and oxygen atoms in total. The first-order chi connectivity index (χ1) is 13.4. The van der Waals surface area contributed by atoms with E-state index < -0.39 is 23.8 Å². The van der Waals surface area contributed by atoms with Gasteiger partial charge in [0.1, 0.15) is 6.04 Å². The van der Waals surface area contributed by atoms with Gasteiger partial charge >= 0.3 is 6.03 Å². The van der Waals surface area contributed by atoms with Gasteiger partial charge in [-0.3, -0.25) is 19.3 Å². The van der Waals surface area contributed by atoms with E-state index in [1.165, 1.54) is 0 Å². The molecule has 2 heterocycles. The van der Waals surface area contributed by atoms with Gasteiger partial charge in [-0.1, -0.05) is 18.7 Å². The summed E-state index contributed by atoms with van der Waals surface area (Å²) >= 11 is 0. The van der Waals surface area contributed by atoms with Gasteiger partial charge in [-0.25, -0.2) is 4.79 Å². The number of rotatable bonds is 5. The third-order valence-corrected chi connectivity index (χ3v) is 5.15. The number of imide groups is 1. The molecule has 0 spiro atoms. The molecule has 148 valence electrons. The third kappa shape index (κ3) is 3.37. The molecule has 28 heavy (non-hydrogen) atoms. The second kappa shape index (κ2) is 7.84. The zero-order valence-corrected chi connectivity index (χ0v) is 16.1. The van der Waals surface area contributed by atoms with Crippen molar-refractivity contribution in [2.24, 2.45) is 0 Å². The van der Waals surface area contributed by atoms with E-state index in [9.17, 15) is 19.2 Å². The second-order valence-corrected chi connectivity index (χ2v) is 6.80. The zero-order valence-electron chi connectivity index (χ0n) is 16.1. The topological polar surface area (TPSA) is 98.8 Å². The number of carbonyl (C=O) groups excluding carboxylic acids is 4. The fourth-order valence-electron chi connectivity index (χ4n) is 3.61. The second-order valence-electron chi connectivity index (χ2n) is 6.80. The van der Waals surface area contributed by atoms with Crippen molar-refractivity contribution in [2.75, 3.05) is 13.1 Å². The molecule has 5 amide bonds. The number of hydrogen-bond acceptors (Lipinski definition) is 4. The van der Waals surface area contributed by atoms with Crippen molar-refractivity contribution < 1.29 is 19.2 Å². The van der Waals surface area contributed by atoms with Crippen molar-refractivity contribution >= 4 is 23.8 Å². The lowest BCUT2D eigenvalue weighted by Crippen LogP contribution is -2.51. The molecule has 0 aliphatic carbocycles. The van der Waals surface area contributed by atoms with Crippen LogP contribution >= 0.6 is 0 Å². The van der Waals surface area contributed by atoms with Crippen LogP contribution in [0.25, 0.3) is 0 Å². The van der Waals surface area contributed by atoms with E-state index in [4.69, 9.17) is 0 Å². The molecule has 3 rings (SSSR count). The molecule has 2 aliphatic heterocycles. The first-order valence-corrected chi connectivity index (χ1v) is 9.40. The zero-order chi connectivity index (χ0) is 20.4. The average molecular weight is 384 g/mol. The molecule has 0 radical (unpaired) electrons. The fraction of sp³-hybridized carbons (Fsp3) is 0.400. The van der Waals surface area contributed by atoms with Crippen molar-refractivity contribution in [3.05, 3.63) is 47.2 Å². The Bertz CT molecular complexity index is 860. The number of carbonyl (C=O) groups is 4. The third-order valence-electron chi connectivity index (χ3n) is 5.15. The van der Waals surface area contributed by atoms with Crippen LogP contribution in [0, 0.1) is 0 Å². The van der Waals surface area contributed by atoms with Crippen LogP contribution < -0.4 is 10.6 Å². The summed E-state index contributed by atoms with van der Waals surface area (Å²) in [6.45, 7) is 8.75. The Morgan fingerprint density at radius 1 is 1.25 bits per heavy atom. The molecule has 1 aromatic rings. The molecule has 1 atom stereocenters. The smallest absolute Gasteiger partial charge is 0.317 e. The lowest BCUT2D eigenvalue weighted by atomic mass is 10.0. The van der Waals surface area contributed by atoms with Crippen LogP contribution in [0.3, 0.4) is 0 Å². The lowest BCUT2D eigenvalue weighted by Gasteiger charge is -2.29. The predicted octanol–water partition coefficient (Wildman–Crippen LogP) is 1.63. The number of benzene rings is 1. The molecular weight excluding hydrogens is 360 g/mol. The number of urea groups is 1. The molecule has 2 aliphatic rings. The Balaban J connectivity index is 1.83. The molecule has 0 aromatic heterocycles. The summed E-state index contributed by atoms with van der Waals surface area (Å²) in [5.74, 6) is -1.38. The van der Waals surface area contributed by atoms with E-state index >= 15 is 0 Å². The Morgan fingerprint density at radius 3 is 2.61 bits per heavy atom. The molecule has 1 saturated heterocycles. The molecule has 1 fully saturated rings. The van der Waals surface area contributed by atoms with E-state index in [-0.39, 0.29) is 23.7 Å². The summed E-state index contributed by atoms with van der Waals surface area (Å²) in [7, 11) is 0. The molecule has 1 unspecified atom stereocenters. The minimum absolute atomic E-state index is 0.124. The molecule has 2 N–H and O–H groups in total. The summed E-state index contributed by atoms with van der Waals surface area (Å²) < 4.78 is 0. The Labute approximate surface area is 163 Å². The Hall–Kier alpha value is -3.16. The summed E-state index contributed by atoms with van der Waals surface area (Å²) in [6, 6.07) is 3.87. The van der Waals surface area contributed by atoms with E-state index in [1.54, 1.807) is 23.1 Å². The van der Waals surface area contributed by atoms with Gasteiger partial charge in [-0.2, -0.15) is 0 Å². The molecule has 0 bridgehead atoms. The quantitative estimate of drug-likeness (QED) is 0.754. The highest BCUT2D eigenvalue weighted by molar-refractivity contribution is 6.23. The maximum Gasteiger partial charge on any atom is 0.317 e. The largest absolute Gasteiger partial charge is 0.334 e. The van der Waals surface area contributed by atoms with E-state index in [2.05, 4.69) is 17.2 Å². The standard InChI is InChI=1S/C20H24N4O4/c1-4-23(5-2)20(28)21-11-13-7-6-8-14-16(13)19(27)24(18(14)26)15-10-9-12(3)22-17(15)25/h6-8,15H,3-5,9-11H2,1-2H3,(H,21,28)(H,22,25). The van der Waals surface area contributed by atoms with E-state index in [0.717, 1.165) is 4.90 Å². The molecule has 8 heteroatoms. The number of amides is 5. The number of hydrogen-bond donors (Lipinski definition) is 2. The van der Waals surface area contributed by atoms with E-state index in [1.807, 2.05) is 13.8 Å². The van der Waals surface area contributed by atoms with Gasteiger partial charge < -0.3 is 15.5 Å². The van der Waals surface area contributed by atoms with Gasteiger partial charge in [0.25, 0.3) is 11.8 Å². The number of allylic oxidation sites excluding steroid dienone is 1. The maximum atomic E-state index is 13.0. The van der Waals surface area contributed by atoms with Gasteiger partial charge in [0.2, 0.25) is 5.91 Å². The first-order valence-electron chi connectivity index (χ1n) is 9.40. The molecule has 1 aromatic carbocycles. The lowest BCUT2D eigenvalue weighted by molar-refractivity contribution is -0.125. The van der Waals surface area contributed by atoms with Gasteiger partial charge in [0.15, 0.2) is 0 Å². The minimum atomic E-state index is -0.851. The monoisotopic (exact) mass is 384 g/mol. The van der Waals surface area contributed by atoms with Gasteiger partial charge in [-0.15, -0.1) is 0 Å². The predicted molar refractivity (Wildman–Crippen MR) is 102 cm³/mol. The van der Waals surface area contributed by atoms with Crippen LogP contribution in [0.5, 0.6) is 0 Å². The number of fused-ring (bicyclic) bond motifs is 1. The highest BCUT2D eigenvalue weighted by Gasteiger charge is 2.44. The highest BCUT2D eigenvalue weighted by atomic mass is 16.2. The SMILES string of the molecule is C=C1CCC(N2C(=O)c3cccc(CNC(=O)N(CC)CC)c3C2=O)C(=O)N1. The maximum absolute atomic E-state index is 13.0. The summed E-state index contributed by atoms with van der Waals surface area (Å²) in [6.07, 6.45) is 0.862. The average Bonchev–Trinajstić information content (AvgIpc) is 2.93.